The number of hydrogen-bond acceptors (Lipinski definition) is 3. The summed E-state index contributed by atoms with van der Waals surface area (Å²) in [6.45, 7) is 5.62. The Balaban J connectivity index is 2.24. The summed E-state index contributed by atoms with van der Waals surface area (Å²) < 4.78 is 1.70. The van der Waals surface area contributed by atoms with Crippen LogP contribution >= 0.6 is 11.6 Å². The van der Waals surface area contributed by atoms with Crippen LogP contribution in [0.25, 0.3) is 5.69 Å². The molecule has 0 fully saturated rings. The molecule has 0 aliphatic heterocycles. The minimum Gasteiger partial charge on any atom is -0.318 e. The van der Waals surface area contributed by atoms with E-state index < -0.39 is 5.54 Å². The van der Waals surface area contributed by atoms with E-state index in [9.17, 15) is 4.79 Å². The fourth-order valence-corrected chi connectivity index (χ4v) is 2.51. The molecule has 0 spiro atoms. The molecule has 6 heteroatoms. The van der Waals surface area contributed by atoms with Gasteiger partial charge in [-0.2, -0.15) is 0 Å². The van der Waals surface area contributed by atoms with E-state index >= 15 is 0 Å². The molecule has 1 heterocycles. The zero-order chi connectivity index (χ0) is 16.3. The molecule has 2 aromatic rings. The summed E-state index contributed by atoms with van der Waals surface area (Å²) >= 11 is 6.19. The Morgan fingerprint density at radius 2 is 2.14 bits per heavy atom. The van der Waals surface area contributed by atoms with Crippen LogP contribution in [0, 0.1) is 6.92 Å². The van der Waals surface area contributed by atoms with E-state index in [2.05, 4.69) is 10.4 Å². The molecule has 1 amide bonds. The third kappa shape index (κ3) is 3.48. The van der Waals surface area contributed by atoms with Crippen molar-refractivity contribution >= 4 is 23.3 Å². The number of nitrogens with one attached hydrogen (secondary N) is 1. The summed E-state index contributed by atoms with van der Waals surface area (Å²) in [5.74, 6) is 0.230. The Labute approximate surface area is 135 Å². The second-order valence-electron chi connectivity index (χ2n) is 5.66. The summed E-state index contributed by atoms with van der Waals surface area (Å²) in [5.41, 5.74) is 6.77. The molecular weight excluding hydrogens is 300 g/mol. The molecule has 0 aliphatic rings. The van der Waals surface area contributed by atoms with Crippen LogP contribution in [-0.4, -0.2) is 21.2 Å². The molecule has 1 unspecified atom stereocenters. The van der Waals surface area contributed by atoms with E-state index in [0.29, 0.717) is 17.3 Å². The molecule has 118 valence electrons. The monoisotopic (exact) mass is 320 g/mol. The number of carbonyl (C=O) groups excluding carboxylic acids is 1. The van der Waals surface area contributed by atoms with Gasteiger partial charge >= 0.3 is 0 Å². The van der Waals surface area contributed by atoms with Crippen LogP contribution < -0.4 is 11.1 Å². The molecule has 22 heavy (non-hydrogen) atoms. The highest BCUT2D eigenvalue weighted by molar-refractivity contribution is 6.32. The Kier molecular flexibility index (Phi) is 4.88. The van der Waals surface area contributed by atoms with Crippen molar-refractivity contribution < 1.29 is 4.79 Å². The van der Waals surface area contributed by atoms with Crippen molar-refractivity contribution in [3.05, 3.63) is 41.0 Å². The van der Waals surface area contributed by atoms with Gasteiger partial charge in [-0.25, -0.2) is 4.68 Å². The number of para-hydroxylation sites is 1. The van der Waals surface area contributed by atoms with Gasteiger partial charge in [0.05, 0.1) is 16.2 Å². The van der Waals surface area contributed by atoms with Crippen molar-refractivity contribution in [2.45, 2.75) is 39.2 Å². The molecule has 0 saturated heterocycles. The Hall–Kier alpha value is -1.85. The second-order valence-corrected chi connectivity index (χ2v) is 6.06. The molecule has 1 atom stereocenters. The minimum absolute atomic E-state index is 0.238. The lowest BCUT2D eigenvalue weighted by molar-refractivity contribution is -0.120. The lowest BCUT2D eigenvalue weighted by atomic mass is 9.97. The van der Waals surface area contributed by atoms with Gasteiger partial charge in [0.2, 0.25) is 5.91 Å². The number of amides is 1. The maximum atomic E-state index is 12.2. The highest BCUT2D eigenvalue weighted by atomic mass is 35.5. The Morgan fingerprint density at radius 3 is 2.77 bits per heavy atom. The number of anilines is 1. The topological polar surface area (TPSA) is 72.9 Å². The third-order valence-electron chi connectivity index (χ3n) is 3.50. The summed E-state index contributed by atoms with van der Waals surface area (Å²) in [7, 11) is 0. The molecule has 2 rings (SSSR count). The first kappa shape index (κ1) is 16.5. The number of carbonyl (C=O) groups is 1. The lowest BCUT2D eigenvalue weighted by Gasteiger charge is -2.21. The minimum atomic E-state index is -0.906. The van der Waals surface area contributed by atoms with E-state index in [-0.39, 0.29) is 5.91 Å². The highest BCUT2D eigenvalue weighted by Crippen LogP contribution is 2.23. The van der Waals surface area contributed by atoms with Gasteiger partial charge in [-0.05, 0) is 32.4 Å². The van der Waals surface area contributed by atoms with Gasteiger partial charge in [-0.15, -0.1) is 5.10 Å². The summed E-state index contributed by atoms with van der Waals surface area (Å²) in [6.07, 6.45) is 1.45. The normalized spacial score (nSPS) is 13.7. The number of nitrogens with two attached hydrogens (primary N) is 1. The number of rotatable bonds is 5. The molecule has 0 bridgehead atoms. The first-order valence-electron chi connectivity index (χ1n) is 7.27. The quantitative estimate of drug-likeness (QED) is 0.887. The van der Waals surface area contributed by atoms with Crippen LogP contribution in [0.4, 0.5) is 5.82 Å². The Bertz CT molecular complexity index is 679. The zero-order valence-corrected chi connectivity index (χ0v) is 13.8. The molecule has 0 radical (unpaired) electrons. The van der Waals surface area contributed by atoms with Gasteiger partial charge in [0, 0.05) is 11.8 Å². The average Bonchev–Trinajstić information content (AvgIpc) is 2.80. The molecule has 3 N–H and O–H groups in total. The summed E-state index contributed by atoms with van der Waals surface area (Å²) in [5, 5.41) is 7.78. The number of halogens is 1. The molecule has 1 aromatic carbocycles. The number of benzene rings is 1. The fraction of sp³-hybridized carbons (Fsp3) is 0.375. The van der Waals surface area contributed by atoms with Crippen molar-refractivity contribution in [1.29, 1.82) is 0 Å². The predicted octanol–water partition coefficient (Wildman–Crippen LogP) is 3.29. The first-order valence-corrected chi connectivity index (χ1v) is 7.65. The number of aromatic nitrogens is 2. The van der Waals surface area contributed by atoms with Crippen LogP contribution in [0.5, 0.6) is 0 Å². The van der Waals surface area contributed by atoms with Crippen molar-refractivity contribution in [2.24, 2.45) is 5.73 Å². The molecule has 0 saturated carbocycles. The largest absolute Gasteiger partial charge is 0.318 e. The van der Waals surface area contributed by atoms with E-state index in [4.69, 9.17) is 17.3 Å². The molecule has 5 nitrogen and oxygen atoms in total. The fourth-order valence-electron chi connectivity index (χ4n) is 2.29. The SMILES string of the molecule is CCCC(C)(N)C(=O)Nc1cc(C)n(-c2ccccc2Cl)n1. The van der Waals surface area contributed by atoms with Crippen LogP contribution in [0.1, 0.15) is 32.4 Å². The van der Waals surface area contributed by atoms with E-state index in [1.165, 1.54) is 0 Å². The maximum absolute atomic E-state index is 12.2. The summed E-state index contributed by atoms with van der Waals surface area (Å²) in [6, 6.07) is 9.21. The molecule has 0 aliphatic carbocycles. The van der Waals surface area contributed by atoms with Crippen molar-refractivity contribution in [2.75, 3.05) is 5.32 Å². The van der Waals surface area contributed by atoms with Crippen LogP contribution in [0.2, 0.25) is 5.02 Å². The third-order valence-corrected chi connectivity index (χ3v) is 3.82. The van der Waals surface area contributed by atoms with E-state index in [1.54, 1.807) is 23.7 Å². The maximum Gasteiger partial charge on any atom is 0.245 e. The van der Waals surface area contributed by atoms with Crippen molar-refractivity contribution in [3.8, 4) is 5.69 Å². The van der Waals surface area contributed by atoms with Crippen molar-refractivity contribution in [1.82, 2.24) is 9.78 Å². The Morgan fingerprint density at radius 1 is 1.45 bits per heavy atom. The van der Waals surface area contributed by atoms with E-state index in [1.807, 2.05) is 32.0 Å². The van der Waals surface area contributed by atoms with Gasteiger partial charge in [0.25, 0.3) is 0 Å². The number of nitrogens with zero attached hydrogens (tertiary/aromatic N) is 2. The van der Waals surface area contributed by atoms with Gasteiger partial charge in [-0.1, -0.05) is 37.1 Å². The second kappa shape index (κ2) is 6.50. The summed E-state index contributed by atoms with van der Waals surface area (Å²) in [4.78, 5) is 12.2. The van der Waals surface area contributed by atoms with Crippen LogP contribution in [0.15, 0.2) is 30.3 Å². The van der Waals surface area contributed by atoms with E-state index in [0.717, 1.165) is 17.8 Å². The lowest BCUT2D eigenvalue weighted by Crippen LogP contribution is -2.48. The zero-order valence-electron chi connectivity index (χ0n) is 13.1. The molecule has 1 aromatic heterocycles. The van der Waals surface area contributed by atoms with Crippen LogP contribution in [0.3, 0.4) is 0 Å². The smallest absolute Gasteiger partial charge is 0.245 e. The highest BCUT2D eigenvalue weighted by Gasteiger charge is 2.27. The van der Waals surface area contributed by atoms with Gasteiger partial charge in [-0.3, -0.25) is 4.79 Å². The molecular formula is C16H21ClN4O. The van der Waals surface area contributed by atoms with Gasteiger partial charge in [0.15, 0.2) is 5.82 Å². The predicted molar refractivity (Wildman–Crippen MR) is 89.4 cm³/mol. The van der Waals surface area contributed by atoms with Gasteiger partial charge in [0.1, 0.15) is 0 Å². The average molecular weight is 321 g/mol. The number of aryl methyl sites for hydroxylation is 1. The van der Waals surface area contributed by atoms with Crippen LogP contribution in [-0.2, 0) is 4.79 Å². The number of hydrogen-bond donors (Lipinski definition) is 2. The van der Waals surface area contributed by atoms with Crippen molar-refractivity contribution in [3.63, 3.8) is 0 Å². The standard InChI is InChI=1S/C16H21ClN4O/c1-4-9-16(3,18)15(22)19-14-10-11(2)21(20-14)13-8-6-5-7-12(13)17/h5-8,10H,4,9,18H2,1-3H3,(H,19,20,22). The first-order chi connectivity index (χ1) is 10.3. The van der Waals surface area contributed by atoms with Gasteiger partial charge < -0.3 is 11.1 Å².